The lowest BCUT2D eigenvalue weighted by molar-refractivity contribution is 0.295. The number of ether oxygens (including phenoxy) is 1. The Balaban J connectivity index is 2.31. The summed E-state index contributed by atoms with van der Waals surface area (Å²) in [6, 6.07) is 8.24. The van der Waals surface area contributed by atoms with E-state index in [-0.39, 0.29) is 5.54 Å². The van der Waals surface area contributed by atoms with Crippen LogP contribution in [-0.2, 0) is 0 Å². The van der Waals surface area contributed by atoms with Gasteiger partial charge in [-0.3, -0.25) is 0 Å². The Kier molecular flexibility index (Phi) is 4.82. The maximum atomic E-state index is 6.24. The normalized spacial score (nSPS) is 25.2. The fourth-order valence-corrected chi connectivity index (χ4v) is 3.56. The molecule has 2 rings (SSSR count). The summed E-state index contributed by atoms with van der Waals surface area (Å²) in [4.78, 5) is 2.37. The van der Waals surface area contributed by atoms with Crippen molar-refractivity contribution in [1.82, 2.24) is 0 Å². The largest absolute Gasteiger partial charge is 0.495 e. The Morgan fingerprint density at radius 2 is 1.86 bits per heavy atom. The first-order valence-corrected chi connectivity index (χ1v) is 8.01. The summed E-state index contributed by atoms with van der Waals surface area (Å²) in [7, 11) is 3.90. The van der Waals surface area contributed by atoms with Crippen LogP contribution in [0.3, 0.4) is 0 Å². The second kappa shape index (κ2) is 6.27. The number of rotatable bonds is 4. The molecule has 1 aliphatic rings. The van der Waals surface area contributed by atoms with Crippen molar-refractivity contribution in [3.63, 3.8) is 0 Å². The lowest BCUT2D eigenvalue weighted by atomic mass is 9.83. The van der Waals surface area contributed by atoms with E-state index < -0.39 is 0 Å². The zero-order valence-electron chi connectivity index (χ0n) is 14.0. The van der Waals surface area contributed by atoms with Crippen LogP contribution in [0.5, 0.6) is 5.75 Å². The number of likely N-dealkylation sites (N-methyl/N-ethyl adjacent to an activating group) is 1. The van der Waals surface area contributed by atoms with Gasteiger partial charge in [0.25, 0.3) is 0 Å². The molecule has 1 aliphatic carbocycles. The third-order valence-electron chi connectivity index (χ3n) is 5.30. The molecule has 0 aromatic heterocycles. The number of para-hydroxylation sites is 2. The van der Waals surface area contributed by atoms with Gasteiger partial charge < -0.3 is 15.4 Å². The summed E-state index contributed by atoms with van der Waals surface area (Å²) in [5.74, 6) is 0.927. The molecule has 0 amide bonds. The molecule has 0 bridgehead atoms. The molecule has 21 heavy (non-hydrogen) atoms. The molecule has 0 heterocycles. The first-order chi connectivity index (χ1) is 9.94. The monoisotopic (exact) mass is 290 g/mol. The van der Waals surface area contributed by atoms with Gasteiger partial charge in [0.1, 0.15) is 5.75 Å². The van der Waals surface area contributed by atoms with Gasteiger partial charge in [-0.05, 0) is 43.2 Å². The summed E-state index contributed by atoms with van der Waals surface area (Å²) in [5, 5.41) is 0. The molecule has 1 saturated carbocycles. The summed E-state index contributed by atoms with van der Waals surface area (Å²) in [5.41, 5.74) is 7.86. The Bertz CT molecular complexity index is 472. The summed E-state index contributed by atoms with van der Waals surface area (Å²) in [6.07, 6.45) is 6.05. The number of anilines is 1. The lowest BCUT2D eigenvalue weighted by Gasteiger charge is -2.43. The first kappa shape index (κ1) is 16.2. The van der Waals surface area contributed by atoms with E-state index in [0.717, 1.165) is 24.3 Å². The number of methoxy groups -OCH3 is 1. The fourth-order valence-electron chi connectivity index (χ4n) is 3.56. The van der Waals surface area contributed by atoms with Crippen LogP contribution in [0.15, 0.2) is 24.3 Å². The van der Waals surface area contributed by atoms with Crippen LogP contribution in [-0.4, -0.2) is 26.2 Å². The molecule has 1 fully saturated rings. The average molecular weight is 290 g/mol. The standard InChI is InChI=1S/C18H30N2O/c1-17(2)10-7-11-18(14-19,13-12-17)20(3)15-8-5-6-9-16(15)21-4/h5-6,8-9H,7,10-14,19H2,1-4H3. The van der Waals surface area contributed by atoms with Gasteiger partial charge in [-0.2, -0.15) is 0 Å². The third-order valence-corrected chi connectivity index (χ3v) is 5.30. The van der Waals surface area contributed by atoms with Gasteiger partial charge in [0, 0.05) is 13.6 Å². The van der Waals surface area contributed by atoms with Gasteiger partial charge in [-0.25, -0.2) is 0 Å². The predicted octanol–water partition coefficient (Wildman–Crippen LogP) is 3.82. The number of nitrogens with two attached hydrogens (primary N) is 1. The van der Waals surface area contributed by atoms with Crippen molar-refractivity contribution >= 4 is 5.69 Å². The van der Waals surface area contributed by atoms with Crippen LogP contribution in [0.1, 0.15) is 46.0 Å². The molecule has 118 valence electrons. The highest BCUT2D eigenvalue weighted by Crippen LogP contribution is 2.42. The Morgan fingerprint density at radius 1 is 1.14 bits per heavy atom. The quantitative estimate of drug-likeness (QED) is 0.857. The molecule has 0 radical (unpaired) electrons. The molecule has 1 aromatic rings. The van der Waals surface area contributed by atoms with Gasteiger partial charge in [0.05, 0.1) is 18.3 Å². The minimum atomic E-state index is 0.0441. The van der Waals surface area contributed by atoms with Crippen LogP contribution >= 0.6 is 0 Å². The number of benzene rings is 1. The van der Waals surface area contributed by atoms with E-state index in [1.807, 2.05) is 12.1 Å². The molecule has 1 unspecified atom stereocenters. The average Bonchev–Trinajstić information content (AvgIpc) is 2.65. The number of nitrogens with zero attached hydrogens (tertiary/aromatic N) is 1. The van der Waals surface area contributed by atoms with E-state index in [0.29, 0.717) is 12.0 Å². The lowest BCUT2D eigenvalue weighted by Crippen LogP contribution is -2.52. The van der Waals surface area contributed by atoms with Crippen LogP contribution in [0.2, 0.25) is 0 Å². The van der Waals surface area contributed by atoms with Crippen molar-refractivity contribution in [3.05, 3.63) is 24.3 Å². The van der Waals surface area contributed by atoms with E-state index in [9.17, 15) is 0 Å². The van der Waals surface area contributed by atoms with Crippen molar-refractivity contribution < 1.29 is 4.74 Å². The fraction of sp³-hybridized carbons (Fsp3) is 0.667. The Labute approximate surface area is 129 Å². The first-order valence-electron chi connectivity index (χ1n) is 8.01. The third kappa shape index (κ3) is 3.34. The maximum Gasteiger partial charge on any atom is 0.142 e. The van der Waals surface area contributed by atoms with E-state index in [1.165, 1.54) is 19.3 Å². The zero-order chi connectivity index (χ0) is 15.5. The summed E-state index contributed by atoms with van der Waals surface area (Å²) < 4.78 is 5.54. The van der Waals surface area contributed by atoms with Crippen LogP contribution < -0.4 is 15.4 Å². The molecule has 1 atom stereocenters. The van der Waals surface area contributed by atoms with Crippen molar-refractivity contribution in [1.29, 1.82) is 0 Å². The molecule has 0 saturated heterocycles. The maximum absolute atomic E-state index is 6.24. The topological polar surface area (TPSA) is 38.5 Å². The predicted molar refractivity (Wildman–Crippen MR) is 90.0 cm³/mol. The van der Waals surface area contributed by atoms with Gasteiger partial charge in [-0.1, -0.05) is 32.4 Å². The van der Waals surface area contributed by atoms with E-state index >= 15 is 0 Å². The minimum Gasteiger partial charge on any atom is -0.495 e. The van der Waals surface area contributed by atoms with Crippen molar-refractivity contribution in [3.8, 4) is 5.75 Å². The van der Waals surface area contributed by atoms with Crippen LogP contribution in [0.4, 0.5) is 5.69 Å². The molecule has 2 N–H and O–H groups in total. The highest BCUT2D eigenvalue weighted by atomic mass is 16.5. The van der Waals surface area contributed by atoms with E-state index in [1.54, 1.807) is 7.11 Å². The molecule has 1 aromatic carbocycles. The van der Waals surface area contributed by atoms with Crippen molar-refractivity contribution in [2.45, 2.75) is 51.5 Å². The zero-order valence-corrected chi connectivity index (χ0v) is 14.0. The van der Waals surface area contributed by atoms with Gasteiger partial charge in [0.15, 0.2) is 0 Å². The summed E-state index contributed by atoms with van der Waals surface area (Å²) in [6.45, 7) is 5.45. The van der Waals surface area contributed by atoms with Gasteiger partial charge in [-0.15, -0.1) is 0 Å². The highest BCUT2D eigenvalue weighted by Gasteiger charge is 2.38. The van der Waals surface area contributed by atoms with Crippen molar-refractivity contribution in [2.75, 3.05) is 25.6 Å². The molecule has 3 nitrogen and oxygen atoms in total. The van der Waals surface area contributed by atoms with Crippen molar-refractivity contribution in [2.24, 2.45) is 11.1 Å². The van der Waals surface area contributed by atoms with Crippen LogP contribution in [0, 0.1) is 5.41 Å². The Hall–Kier alpha value is -1.22. The second-order valence-corrected chi connectivity index (χ2v) is 7.18. The molecule has 0 aliphatic heterocycles. The van der Waals surface area contributed by atoms with Gasteiger partial charge >= 0.3 is 0 Å². The van der Waals surface area contributed by atoms with Gasteiger partial charge in [0.2, 0.25) is 0 Å². The number of hydrogen-bond donors (Lipinski definition) is 1. The number of hydrogen-bond acceptors (Lipinski definition) is 3. The molecular weight excluding hydrogens is 260 g/mol. The Morgan fingerprint density at radius 3 is 2.52 bits per heavy atom. The molecular formula is C18H30N2O. The summed E-state index contributed by atoms with van der Waals surface area (Å²) >= 11 is 0. The van der Waals surface area contributed by atoms with E-state index in [4.69, 9.17) is 10.5 Å². The van der Waals surface area contributed by atoms with Crippen LogP contribution in [0.25, 0.3) is 0 Å². The molecule has 3 heteroatoms. The van der Waals surface area contributed by atoms with E-state index in [2.05, 4.69) is 37.9 Å². The smallest absolute Gasteiger partial charge is 0.142 e. The second-order valence-electron chi connectivity index (χ2n) is 7.18. The minimum absolute atomic E-state index is 0.0441. The molecule has 0 spiro atoms. The SMILES string of the molecule is COc1ccccc1N(C)C1(CN)CCCC(C)(C)CC1. The highest BCUT2D eigenvalue weighted by molar-refractivity contribution is 5.59.